The molecule has 0 amide bonds. The van der Waals surface area contributed by atoms with Crippen LogP contribution in [0.25, 0.3) is 11.8 Å². The first-order valence-corrected chi connectivity index (χ1v) is 0.447. The minimum absolute atomic E-state index is 0. The first-order valence-electron chi connectivity index (χ1n) is 0.447. The molecular formula is H4CaN2O2. The summed E-state index contributed by atoms with van der Waals surface area (Å²) in [6, 6.07) is 0. The van der Waals surface area contributed by atoms with Gasteiger partial charge in [-0.15, -0.1) is 0 Å². The molecule has 0 aliphatic rings. The molecule has 0 aromatic rings. The smallest absolute Gasteiger partial charge is 0.553 e. The van der Waals surface area contributed by atoms with E-state index in [4.69, 9.17) is 22.2 Å². The van der Waals surface area contributed by atoms with Crippen LogP contribution in [0.4, 0.5) is 0 Å². The SMILES string of the molecule is [Ca+2].[NH-]O.[NH-]O. The summed E-state index contributed by atoms with van der Waals surface area (Å²) in [6.07, 6.45) is 0. The van der Waals surface area contributed by atoms with Gasteiger partial charge in [0.05, 0.1) is 0 Å². The van der Waals surface area contributed by atoms with Gasteiger partial charge in [0, 0.05) is 0 Å². The van der Waals surface area contributed by atoms with Crippen molar-refractivity contribution in [3.63, 3.8) is 0 Å². The van der Waals surface area contributed by atoms with Gasteiger partial charge >= 0.3 is 37.7 Å². The average molecular weight is 104 g/mol. The Balaban J connectivity index is -0.0000000133. The van der Waals surface area contributed by atoms with Crippen LogP contribution in [0, 0.1) is 0 Å². The van der Waals surface area contributed by atoms with E-state index >= 15 is 0 Å². The monoisotopic (exact) mass is 104 g/mol. The minimum atomic E-state index is 0. The predicted octanol–water partition coefficient (Wildman–Crippen LogP) is 0.475. The third-order valence-corrected chi connectivity index (χ3v) is 0. The number of hydrogen-bond acceptors (Lipinski definition) is 2. The molecule has 28 valence electrons. The molecule has 0 aliphatic carbocycles. The van der Waals surface area contributed by atoms with Gasteiger partial charge in [-0.25, -0.2) is 0 Å². The van der Waals surface area contributed by atoms with E-state index in [1.165, 1.54) is 0 Å². The zero-order chi connectivity index (χ0) is 4.00. The van der Waals surface area contributed by atoms with Crippen LogP contribution in [0.5, 0.6) is 0 Å². The van der Waals surface area contributed by atoms with Gasteiger partial charge < -0.3 is 22.2 Å². The summed E-state index contributed by atoms with van der Waals surface area (Å²) >= 11 is 0. The van der Waals surface area contributed by atoms with Gasteiger partial charge in [0.15, 0.2) is 0 Å². The molecule has 0 atom stereocenters. The summed E-state index contributed by atoms with van der Waals surface area (Å²) in [6.45, 7) is 0. The minimum Gasteiger partial charge on any atom is -0.553 e. The molecule has 5 heavy (non-hydrogen) atoms. The van der Waals surface area contributed by atoms with Crippen molar-refractivity contribution in [2.24, 2.45) is 0 Å². The normalized spacial score (nSPS) is 2.40. The molecule has 0 rings (SSSR count). The topological polar surface area (TPSA) is 88.1 Å². The van der Waals surface area contributed by atoms with E-state index < -0.39 is 0 Å². The van der Waals surface area contributed by atoms with E-state index in [1.54, 1.807) is 0 Å². The zero-order valence-corrected chi connectivity index (χ0v) is 4.81. The van der Waals surface area contributed by atoms with Crippen molar-refractivity contribution in [3.8, 4) is 0 Å². The quantitative estimate of drug-likeness (QED) is 0.345. The number of hydrogen-bond donors (Lipinski definition) is 2. The molecule has 5 heteroatoms. The summed E-state index contributed by atoms with van der Waals surface area (Å²) < 4.78 is 0. The van der Waals surface area contributed by atoms with Crippen molar-refractivity contribution in [1.82, 2.24) is 0 Å². The Labute approximate surface area is 59.7 Å². The first kappa shape index (κ1) is 16.5. The molecule has 0 fully saturated rings. The summed E-state index contributed by atoms with van der Waals surface area (Å²) in [5.74, 6) is 9.50. The fourth-order valence-electron chi connectivity index (χ4n) is 0. The molecule has 4 N–H and O–H groups in total. The molecule has 0 bridgehead atoms. The Morgan fingerprint density at radius 1 is 0.800 bits per heavy atom. The average Bonchev–Trinajstić information content (AvgIpc) is 1.50. The van der Waals surface area contributed by atoms with Crippen molar-refractivity contribution in [2.75, 3.05) is 0 Å². The molecular weight excluding hydrogens is 100 g/mol. The molecule has 0 radical (unpaired) electrons. The Morgan fingerprint density at radius 2 is 0.800 bits per heavy atom. The third-order valence-electron chi connectivity index (χ3n) is 0. The van der Waals surface area contributed by atoms with Crippen LogP contribution in [0.15, 0.2) is 0 Å². The fraction of sp³-hybridized carbons (Fsp3) is 0. The van der Waals surface area contributed by atoms with E-state index in [2.05, 4.69) is 0 Å². The van der Waals surface area contributed by atoms with Crippen LogP contribution in [0.2, 0.25) is 0 Å². The second-order valence-corrected chi connectivity index (χ2v) is 0. The van der Waals surface area contributed by atoms with Crippen LogP contribution in [0.3, 0.4) is 0 Å². The molecule has 0 aromatic heterocycles. The Kier molecular flexibility index (Phi) is 234. The van der Waals surface area contributed by atoms with Gasteiger partial charge in [0.2, 0.25) is 0 Å². The Bertz CT molecular complexity index is 7.61. The maximum absolute atomic E-state index is 6.25. The standard InChI is InChI=1S/Ca.2H2NO/c;2*1-2/h;2*1-2H/q+2;2*-1. The molecule has 0 aliphatic heterocycles. The molecule has 0 saturated carbocycles. The van der Waals surface area contributed by atoms with E-state index in [9.17, 15) is 0 Å². The third kappa shape index (κ3) is 40.5. The van der Waals surface area contributed by atoms with Gasteiger partial charge in [0.25, 0.3) is 0 Å². The Morgan fingerprint density at radius 3 is 0.800 bits per heavy atom. The zero-order valence-electron chi connectivity index (χ0n) is 2.60. The maximum Gasteiger partial charge on any atom is 2.00 e. The van der Waals surface area contributed by atoms with E-state index in [1.807, 2.05) is 0 Å². The fourth-order valence-corrected chi connectivity index (χ4v) is 0. The molecule has 0 saturated heterocycles. The molecule has 0 unspecified atom stereocenters. The van der Waals surface area contributed by atoms with Gasteiger partial charge in [0.1, 0.15) is 0 Å². The van der Waals surface area contributed by atoms with Crippen molar-refractivity contribution >= 4 is 37.7 Å². The van der Waals surface area contributed by atoms with Crippen LogP contribution in [0.1, 0.15) is 0 Å². The van der Waals surface area contributed by atoms with Crippen LogP contribution < -0.4 is 0 Å². The molecule has 0 aromatic carbocycles. The van der Waals surface area contributed by atoms with Crippen molar-refractivity contribution in [2.45, 2.75) is 0 Å². The van der Waals surface area contributed by atoms with Crippen molar-refractivity contribution < 1.29 is 10.4 Å². The van der Waals surface area contributed by atoms with E-state index in [0.29, 0.717) is 0 Å². The Hall–Kier alpha value is 1.10. The molecule has 0 spiro atoms. The predicted molar refractivity (Wildman–Crippen MR) is 18.0 cm³/mol. The molecule has 4 nitrogen and oxygen atoms in total. The summed E-state index contributed by atoms with van der Waals surface area (Å²) in [4.78, 5) is 0. The van der Waals surface area contributed by atoms with Gasteiger partial charge in [-0.1, -0.05) is 0 Å². The summed E-state index contributed by atoms with van der Waals surface area (Å²) in [7, 11) is 0. The van der Waals surface area contributed by atoms with E-state index in [0.717, 1.165) is 0 Å². The van der Waals surface area contributed by atoms with Crippen LogP contribution >= 0.6 is 0 Å². The van der Waals surface area contributed by atoms with E-state index in [-0.39, 0.29) is 37.7 Å². The van der Waals surface area contributed by atoms with Crippen molar-refractivity contribution in [3.05, 3.63) is 11.8 Å². The van der Waals surface area contributed by atoms with Gasteiger partial charge in [-0.3, -0.25) is 0 Å². The number of rotatable bonds is 0. The summed E-state index contributed by atoms with van der Waals surface area (Å²) in [5, 5.41) is 12.5. The van der Waals surface area contributed by atoms with Gasteiger partial charge in [-0.2, -0.15) is 0 Å². The largest absolute Gasteiger partial charge is 2.00 e. The number of nitrogens with one attached hydrogen (secondary N) is 2. The van der Waals surface area contributed by atoms with Crippen molar-refractivity contribution in [1.29, 1.82) is 0 Å². The van der Waals surface area contributed by atoms with Crippen LogP contribution in [-0.4, -0.2) is 48.2 Å². The summed E-state index contributed by atoms with van der Waals surface area (Å²) in [5.41, 5.74) is 0. The van der Waals surface area contributed by atoms with Gasteiger partial charge in [-0.05, 0) is 0 Å². The second-order valence-electron chi connectivity index (χ2n) is 0. The maximum atomic E-state index is 6.25. The first-order chi connectivity index (χ1) is 2.00. The van der Waals surface area contributed by atoms with Crippen LogP contribution in [-0.2, 0) is 0 Å². The molecule has 0 heterocycles. The second kappa shape index (κ2) is 70.9.